The van der Waals surface area contributed by atoms with Crippen LogP contribution < -0.4 is 10.1 Å². The highest BCUT2D eigenvalue weighted by atomic mass is 16.5. The summed E-state index contributed by atoms with van der Waals surface area (Å²) in [6, 6.07) is 6.28. The van der Waals surface area contributed by atoms with Crippen molar-refractivity contribution in [2.24, 2.45) is 5.92 Å². The second-order valence-corrected chi connectivity index (χ2v) is 4.73. The molecule has 0 saturated carbocycles. The molecule has 0 spiro atoms. The predicted octanol–water partition coefficient (Wildman–Crippen LogP) is 1.35. The van der Waals surface area contributed by atoms with Gasteiger partial charge in [0.2, 0.25) is 0 Å². The van der Waals surface area contributed by atoms with Crippen molar-refractivity contribution >= 4 is 11.9 Å². The van der Waals surface area contributed by atoms with Gasteiger partial charge in [-0.15, -0.1) is 0 Å². The molecule has 0 aliphatic heterocycles. The number of benzene rings is 1. The van der Waals surface area contributed by atoms with Crippen LogP contribution in [0.5, 0.6) is 5.75 Å². The molecule has 0 aliphatic carbocycles. The number of para-hydroxylation sites is 1. The van der Waals surface area contributed by atoms with E-state index in [-0.39, 0.29) is 5.92 Å². The Kier molecular flexibility index (Phi) is 5.99. The minimum absolute atomic E-state index is 0.0559. The summed E-state index contributed by atoms with van der Waals surface area (Å²) in [5.41, 5.74) is 0.723. The summed E-state index contributed by atoms with van der Waals surface area (Å²) in [4.78, 5) is 21.6. The van der Waals surface area contributed by atoms with E-state index in [1.54, 1.807) is 24.3 Å². The summed E-state index contributed by atoms with van der Waals surface area (Å²) in [5, 5.41) is 20.6. The minimum Gasteiger partial charge on any atom is -0.482 e. The van der Waals surface area contributed by atoms with Gasteiger partial charge in [-0.2, -0.15) is 0 Å². The van der Waals surface area contributed by atoms with Gasteiger partial charge in [0.05, 0.1) is 0 Å². The topological polar surface area (TPSA) is 95.9 Å². The predicted molar refractivity (Wildman–Crippen MR) is 72.7 cm³/mol. The zero-order valence-corrected chi connectivity index (χ0v) is 11.5. The van der Waals surface area contributed by atoms with Crippen molar-refractivity contribution in [2.75, 3.05) is 6.61 Å². The molecule has 0 heterocycles. The average molecular weight is 281 g/mol. The molecule has 0 amide bonds. The summed E-state index contributed by atoms with van der Waals surface area (Å²) in [7, 11) is 0. The molecule has 0 aromatic heterocycles. The molecule has 3 N–H and O–H groups in total. The van der Waals surface area contributed by atoms with Gasteiger partial charge in [-0.05, 0) is 12.0 Å². The van der Waals surface area contributed by atoms with Gasteiger partial charge < -0.3 is 14.9 Å². The van der Waals surface area contributed by atoms with Crippen LogP contribution in [0, 0.1) is 5.92 Å². The first-order chi connectivity index (χ1) is 9.41. The number of rotatable bonds is 8. The van der Waals surface area contributed by atoms with Crippen molar-refractivity contribution in [3.05, 3.63) is 29.8 Å². The Balaban J connectivity index is 2.71. The third-order valence-corrected chi connectivity index (χ3v) is 2.77. The first-order valence-corrected chi connectivity index (χ1v) is 6.30. The molecule has 1 unspecified atom stereocenters. The van der Waals surface area contributed by atoms with Crippen molar-refractivity contribution in [2.45, 2.75) is 26.4 Å². The molecule has 0 fully saturated rings. The van der Waals surface area contributed by atoms with E-state index in [4.69, 9.17) is 14.9 Å². The number of nitrogens with one attached hydrogen (secondary N) is 1. The van der Waals surface area contributed by atoms with Gasteiger partial charge in [0, 0.05) is 12.1 Å². The fraction of sp³-hybridized carbons (Fsp3) is 0.429. The monoisotopic (exact) mass is 281 g/mol. The molecule has 6 heteroatoms. The van der Waals surface area contributed by atoms with Crippen LogP contribution in [0.25, 0.3) is 0 Å². The normalized spacial score (nSPS) is 12.2. The SMILES string of the molecule is CC(C)C(NCc1ccccc1OCC(=O)O)C(=O)O. The van der Waals surface area contributed by atoms with Gasteiger partial charge in [-0.3, -0.25) is 10.1 Å². The number of carboxylic acids is 2. The van der Waals surface area contributed by atoms with Gasteiger partial charge in [0.1, 0.15) is 11.8 Å². The Hall–Kier alpha value is -2.08. The van der Waals surface area contributed by atoms with Crippen LogP contribution in [0.1, 0.15) is 19.4 Å². The molecule has 1 aromatic rings. The van der Waals surface area contributed by atoms with E-state index < -0.39 is 24.6 Å². The molecule has 6 nitrogen and oxygen atoms in total. The smallest absolute Gasteiger partial charge is 0.341 e. The quantitative estimate of drug-likeness (QED) is 0.665. The molecule has 0 aliphatic rings. The van der Waals surface area contributed by atoms with Crippen LogP contribution in [0.15, 0.2) is 24.3 Å². The van der Waals surface area contributed by atoms with Crippen LogP contribution in [-0.4, -0.2) is 34.8 Å². The van der Waals surface area contributed by atoms with E-state index in [2.05, 4.69) is 5.32 Å². The van der Waals surface area contributed by atoms with Crippen molar-refractivity contribution in [3.63, 3.8) is 0 Å². The third-order valence-electron chi connectivity index (χ3n) is 2.77. The summed E-state index contributed by atoms with van der Waals surface area (Å²) < 4.78 is 5.16. The number of hydrogen-bond donors (Lipinski definition) is 3. The molecule has 0 radical (unpaired) electrons. The number of carboxylic acid groups (broad SMARTS) is 2. The van der Waals surface area contributed by atoms with Crippen molar-refractivity contribution < 1.29 is 24.5 Å². The van der Waals surface area contributed by atoms with E-state index in [0.717, 1.165) is 5.56 Å². The standard InChI is InChI=1S/C14H19NO5/c1-9(2)13(14(18)19)15-7-10-5-3-4-6-11(10)20-8-12(16)17/h3-6,9,13,15H,7-8H2,1-2H3,(H,16,17)(H,18,19). The molecule has 0 saturated heterocycles. The Morgan fingerprint density at radius 1 is 1.25 bits per heavy atom. The number of aliphatic carboxylic acids is 2. The van der Waals surface area contributed by atoms with Crippen molar-refractivity contribution in [3.8, 4) is 5.75 Å². The van der Waals surface area contributed by atoms with Gasteiger partial charge in [0.15, 0.2) is 6.61 Å². The number of hydrogen-bond acceptors (Lipinski definition) is 4. The van der Waals surface area contributed by atoms with Crippen molar-refractivity contribution in [1.29, 1.82) is 0 Å². The number of ether oxygens (including phenoxy) is 1. The molecule has 110 valence electrons. The highest BCUT2D eigenvalue weighted by Crippen LogP contribution is 2.18. The molecule has 1 aromatic carbocycles. The molecule has 1 atom stereocenters. The van der Waals surface area contributed by atoms with Crippen LogP contribution in [-0.2, 0) is 16.1 Å². The van der Waals surface area contributed by atoms with E-state index in [1.807, 2.05) is 13.8 Å². The lowest BCUT2D eigenvalue weighted by molar-refractivity contribution is -0.141. The Morgan fingerprint density at radius 2 is 1.90 bits per heavy atom. The van der Waals surface area contributed by atoms with E-state index in [0.29, 0.717) is 12.3 Å². The molecule has 0 bridgehead atoms. The summed E-state index contributed by atoms with van der Waals surface area (Å²) in [5.74, 6) is -1.59. The van der Waals surface area contributed by atoms with Gasteiger partial charge >= 0.3 is 11.9 Å². The third kappa shape index (κ3) is 4.89. The maximum absolute atomic E-state index is 11.1. The van der Waals surface area contributed by atoms with Crippen LogP contribution in [0.4, 0.5) is 0 Å². The van der Waals surface area contributed by atoms with E-state index >= 15 is 0 Å². The minimum atomic E-state index is -1.06. The van der Waals surface area contributed by atoms with Crippen LogP contribution in [0.2, 0.25) is 0 Å². The Labute approximate surface area is 117 Å². The molecule has 20 heavy (non-hydrogen) atoms. The van der Waals surface area contributed by atoms with Crippen molar-refractivity contribution in [1.82, 2.24) is 5.32 Å². The fourth-order valence-electron chi connectivity index (χ4n) is 1.76. The summed E-state index contributed by atoms with van der Waals surface area (Å²) in [6.07, 6.45) is 0. The average Bonchev–Trinajstić information content (AvgIpc) is 2.36. The zero-order chi connectivity index (χ0) is 15.1. The lowest BCUT2D eigenvalue weighted by atomic mass is 10.0. The first kappa shape index (κ1) is 16.0. The molecular formula is C14H19NO5. The second-order valence-electron chi connectivity index (χ2n) is 4.73. The number of carbonyl (C=O) groups is 2. The summed E-state index contributed by atoms with van der Waals surface area (Å²) in [6.45, 7) is 3.51. The highest BCUT2D eigenvalue weighted by molar-refractivity contribution is 5.73. The molecular weight excluding hydrogens is 262 g/mol. The van der Waals surface area contributed by atoms with E-state index in [1.165, 1.54) is 0 Å². The largest absolute Gasteiger partial charge is 0.482 e. The highest BCUT2D eigenvalue weighted by Gasteiger charge is 2.20. The van der Waals surface area contributed by atoms with Gasteiger partial charge in [-0.25, -0.2) is 4.79 Å². The van der Waals surface area contributed by atoms with Gasteiger partial charge in [-0.1, -0.05) is 32.0 Å². The fourth-order valence-corrected chi connectivity index (χ4v) is 1.76. The van der Waals surface area contributed by atoms with E-state index in [9.17, 15) is 9.59 Å². The summed E-state index contributed by atoms with van der Waals surface area (Å²) >= 11 is 0. The Bertz CT molecular complexity index is 472. The van der Waals surface area contributed by atoms with Crippen LogP contribution >= 0.6 is 0 Å². The van der Waals surface area contributed by atoms with Gasteiger partial charge in [0.25, 0.3) is 0 Å². The second kappa shape index (κ2) is 7.49. The zero-order valence-electron chi connectivity index (χ0n) is 11.5. The molecule has 1 rings (SSSR count). The lowest BCUT2D eigenvalue weighted by Crippen LogP contribution is -2.40. The van der Waals surface area contributed by atoms with Crippen LogP contribution in [0.3, 0.4) is 0 Å². The lowest BCUT2D eigenvalue weighted by Gasteiger charge is -2.19. The maximum Gasteiger partial charge on any atom is 0.341 e. The first-order valence-electron chi connectivity index (χ1n) is 6.30. The maximum atomic E-state index is 11.1. The Morgan fingerprint density at radius 3 is 2.45 bits per heavy atom.